The molecule has 1 aliphatic carbocycles. The van der Waals surface area contributed by atoms with E-state index in [0.717, 1.165) is 62.3 Å². The summed E-state index contributed by atoms with van der Waals surface area (Å²) in [5, 5.41) is 3.22. The molecule has 2 fully saturated rings. The Morgan fingerprint density at radius 3 is 2.44 bits per heavy atom. The van der Waals surface area contributed by atoms with Gasteiger partial charge >= 0.3 is 5.97 Å². The molecule has 1 unspecified atom stereocenters. The molecule has 3 aliphatic rings. The molecular formula is C30H35F2N3O4. The number of ether oxygens (including phenoxy) is 1. The molecule has 0 radical (unpaired) electrons. The van der Waals surface area contributed by atoms with Crippen LogP contribution in [0.2, 0.25) is 0 Å². The number of piperidine rings is 1. The lowest BCUT2D eigenvalue weighted by Crippen LogP contribution is -2.51. The molecule has 1 saturated heterocycles. The number of rotatable bonds is 8. The summed E-state index contributed by atoms with van der Waals surface area (Å²) in [5.41, 5.74) is 6.25. The molecule has 1 amide bonds. The number of para-hydroxylation sites is 1. The predicted octanol–water partition coefficient (Wildman–Crippen LogP) is 4.42. The van der Waals surface area contributed by atoms with Crippen molar-refractivity contribution in [2.75, 3.05) is 31.5 Å². The molecule has 2 aromatic carbocycles. The van der Waals surface area contributed by atoms with Gasteiger partial charge in [0.2, 0.25) is 0 Å². The maximum absolute atomic E-state index is 14.0. The Balaban J connectivity index is 1.08. The van der Waals surface area contributed by atoms with Crippen molar-refractivity contribution in [3.05, 3.63) is 65.2 Å². The topological polar surface area (TPSA) is 102 Å². The van der Waals surface area contributed by atoms with E-state index < -0.39 is 35.0 Å². The standard InChI is InChI=1S/C30H35F2N3O4/c31-21-5-6-23(25(32)17-21)27(36)20-10-15-35(16-11-20)14-9-19-7-12-30(13-8-19,29(33)38)39-28(37)24-18-34-26-4-2-1-3-22(24)26/h1-6,17,19-20,24,34H,7-16,18H2,(H2,33,38). The molecule has 1 saturated carbocycles. The van der Waals surface area contributed by atoms with Crippen LogP contribution in [-0.4, -0.2) is 54.3 Å². The maximum Gasteiger partial charge on any atom is 0.316 e. The number of carbonyl (C=O) groups is 3. The van der Waals surface area contributed by atoms with E-state index in [1.54, 1.807) is 0 Å². The van der Waals surface area contributed by atoms with E-state index in [1.807, 2.05) is 24.3 Å². The summed E-state index contributed by atoms with van der Waals surface area (Å²) < 4.78 is 33.1. The molecule has 0 bridgehead atoms. The van der Waals surface area contributed by atoms with Crippen LogP contribution in [0.3, 0.4) is 0 Å². The van der Waals surface area contributed by atoms with Crippen LogP contribution in [0.5, 0.6) is 0 Å². The fraction of sp³-hybridized carbons (Fsp3) is 0.500. The number of primary amides is 1. The highest BCUT2D eigenvalue weighted by Gasteiger charge is 2.46. The minimum Gasteiger partial charge on any atom is -0.448 e. The van der Waals surface area contributed by atoms with Gasteiger partial charge in [-0.1, -0.05) is 18.2 Å². The first kappa shape index (κ1) is 27.2. The Morgan fingerprint density at radius 1 is 1.03 bits per heavy atom. The first-order valence-corrected chi connectivity index (χ1v) is 13.8. The number of halogens is 2. The summed E-state index contributed by atoms with van der Waals surface area (Å²) in [6, 6.07) is 10.7. The molecule has 2 aromatic rings. The van der Waals surface area contributed by atoms with Crippen LogP contribution in [0, 0.1) is 23.5 Å². The fourth-order valence-electron chi connectivity index (χ4n) is 6.28. The fourth-order valence-corrected chi connectivity index (χ4v) is 6.28. The van der Waals surface area contributed by atoms with Crippen LogP contribution in [0.4, 0.5) is 14.5 Å². The van der Waals surface area contributed by atoms with Crippen molar-refractivity contribution in [3.63, 3.8) is 0 Å². The number of anilines is 1. The van der Waals surface area contributed by atoms with Gasteiger partial charge in [-0.2, -0.15) is 0 Å². The molecule has 208 valence electrons. The first-order valence-electron chi connectivity index (χ1n) is 13.8. The molecule has 0 aromatic heterocycles. The third-order valence-corrected chi connectivity index (χ3v) is 8.78. The van der Waals surface area contributed by atoms with Crippen LogP contribution in [0.1, 0.15) is 66.8 Å². The first-order chi connectivity index (χ1) is 18.8. The normalized spacial score (nSPS) is 25.5. The number of nitrogens with two attached hydrogens (primary N) is 1. The van der Waals surface area contributed by atoms with Gasteiger partial charge in [-0.25, -0.2) is 8.78 Å². The predicted molar refractivity (Wildman–Crippen MR) is 142 cm³/mol. The molecule has 9 heteroatoms. The Morgan fingerprint density at radius 2 is 1.74 bits per heavy atom. The van der Waals surface area contributed by atoms with Gasteiger partial charge in [0, 0.05) is 24.2 Å². The van der Waals surface area contributed by atoms with Crippen LogP contribution < -0.4 is 11.1 Å². The Bertz CT molecular complexity index is 1240. The van der Waals surface area contributed by atoms with Crippen molar-refractivity contribution >= 4 is 23.3 Å². The zero-order valence-electron chi connectivity index (χ0n) is 22.0. The number of carbonyl (C=O) groups excluding carboxylic acids is 3. The number of nitrogens with zero attached hydrogens (tertiary/aromatic N) is 1. The van der Waals surface area contributed by atoms with Gasteiger partial charge in [0.1, 0.15) is 17.6 Å². The summed E-state index contributed by atoms with van der Waals surface area (Å²) in [4.78, 5) is 40.6. The number of Topliss-reactive ketones (excluding diaryl/α,β-unsaturated/α-hetero) is 1. The maximum atomic E-state index is 14.0. The van der Waals surface area contributed by atoms with Crippen LogP contribution in [-0.2, 0) is 14.3 Å². The van der Waals surface area contributed by atoms with Gasteiger partial charge in [0.15, 0.2) is 11.4 Å². The third-order valence-electron chi connectivity index (χ3n) is 8.78. The molecule has 2 aliphatic heterocycles. The molecule has 7 nitrogen and oxygen atoms in total. The van der Waals surface area contributed by atoms with Gasteiger partial charge in [-0.05, 0) is 94.3 Å². The monoisotopic (exact) mass is 539 g/mol. The van der Waals surface area contributed by atoms with E-state index in [9.17, 15) is 23.2 Å². The number of hydrogen-bond acceptors (Lipinski definition) is 6. The number of esters is 1. The quantitative estimate of drug-likeness (QED) is 0.381. The zero-order valence-corrected chi connectivity index (χ0v) is 22.0. The number of amides is 1. The molecule has 5 rings (SSSR count). The van der Waals surface area contributed by atoms with E-state index in [-0.39, 0.29) is 17.3 Å². The lowest BCUT2D eigenvalue weighted by Gasteiger charge is -2.38. The van der Waals surface area contributed by atoms with Crippen molar-refractivity contribution in [2.24, 2.45) is 17.6 Å². The van der Waals surface area contributed by atoms with E-state index in [4.69, 9.17) is 10.5 Å². The summed E-state index contributed by atoms with van der Waals surface area (Å²) in [5.74, 6) is -3.08. The number of benzene rings is 2. The number of fused-ring (bicyclic) bond motifs is 1. The second kappa shape index (κ2) is 11.4. The van der Waals surface area contributed by atoms with E-state index in [0.29, 0.717) is 38.1 Å². The van der Waals surface area contributed by atoms with E-state index >= 15 is 0 Å². The summed E-state index contributed by atoms with van der Waals surface area (Å²) >= 11 is 0. The highest BCUT2D eigenvalue weighted by atomic mass is 19.1. The highest BCUT2D eigenvalue weighted by Crippen LogP contribution is 2.39. The second-order valence-electron chi connectivity index (χ2n) is 11.1. The minimum absolute atomic E-state index is 0.0379. The second-order valence-corrected chi connectivity index (χ2v) is 11.1. The smallest absolute Gasteiger partial charge is 0.316 e. The minimum atomic E-state index is -1.26. The average Bonchev–Trinajstić information content (AvgIpc) is 3.37. The van der Waals surface area contributed by atoms with Gasteiger partial charge in [-0.3, -0.25) is 14.4 Å². The number of nitrogens with one attached hydrogen (secondary N) is 1. The van der Waals surface area contributed by atoms with Crippen molar-refractivity contribution in [2.45, 2.75) is 56.5 Å². The van der Waals surface area contributed by atoms with Crippen molar-refractivity contribution < 1.29 is 27.9 Å². The van der Waals surface area contributed by atoms with E-state index in [2.05, 4.69) is 10.2 Å². The average molecular weight is 540 g/mol. The summed E-state index contributed by atoms with van der Waals surface area (Å²) in [6.07, 6.45) is 4.54. The van der Waals surface area contributed by atoms with Crippen LogP contribution >= 0.6 is 0 Å². The van der Waals surface area contributed by atoms with Crippen LogP contribution in [0.25, 0.3) is 0 Å². The Kier molecular flexibility index (Phi) is 7.98. The van der Waals surface area contributed by atoms with Crippen molar-refractivity contribution in [3.8, 4) is 0 Å². The lowest BCUT2D eigenvalue weighted by atomic mass is 9.76. The molecule has 39 heavy (non-hydrogen) atoms. The summed E-state index contributed by atoms with van der Waals surface area (Å²) in [7, 11) is 0. The Hall–Kier alpha value is -3.33. The van der Waals surface area contributed by atoms with Gasteiger partial charge in [0.25, 0.3) is 5.91 Å². The Labute approximate surface area is 227 Å². The SMILES string of the molecule is NC(=O)C1(OC(=O)C2CNc3ccccc32)CCC(CCN2CCC(C(=O)c3ccc(F)cc3F)CC2)CC1. The molecule has 3 N–H and O–H groups in total. The van der Waals surface area contributed by atoms with Crippen molar-refractivity contribution in [1.29, 1.82) is 0 Å². The highest BCUT2D eigenvalue weighted by molar-refractivity contribution is 5.98. The van der Waals surface area contributed by atoms with Crippen molar-refractivity contribution in [1.82, 2.24) is 4.90 Å². The van der Waals surface area contributed by atoms with Gasteiger partial charge in [0.05, 0.1) is 5.56 Å². The molecule has 1 atom stereocenters. The molecular weight excluding hydrogens is 504 g/mol. The number of ketones is 1. The number of hydrogen-bond donors (Lipinski definition) is 2. The lowest BCUT2D eigenvalue weighted by molar-refractivity contribution is -0.173. The molecule has 2 heterocycles. The third kappa shape index (κ3) is 5.83. The van der Waals surface area contributed by atoms with Gasteiger partial charge in [-0.15, -0.1) is 0 Å². The number of likely N-dealkylation sites (tertiary alicyclic amines) is 1. The largest absolute Gasteiger partial charge is 0.448 e. The van der Waals surface area contributed by atoms with E-state index in [1.165, 1.54) is 6.07 Å². The van der Waals surface area contributed by atoms with Crippen LogP contribution in [0.15, 0.2) is 42.5 Å². The van der Waals surface area contributed by atoms with Gasteiger partial charge < -0.3 is 20.7 Å². The summed E-state index contributed by atoms with van der Waals surface area (Å²) in [6.45, 7) is 2.79. The zero-order chi connectivity index (χ0) is 27.6. The molecule has 0 spiro atoms.